The molecule has 1 saturated heterocycles. The number of rotatable bonds is 5. The van der Waals surface area contributed by atoms with Crippen molar-refractivity contribution in [2.75, 3.05) is 24.6 Å². The van der Waals surface area contributed by atoms with Gasteiger partial charge >= 0.3 is 0 Å². The molecule has 1 aromatic carbocycles. The molecule has 1 unspecified atom stereocenters. The maximum Gasteiger partial charge on any atom is 0.146 e. The highest BCUT2D eigenvalue weighted by molar-refractivity contribution is 5.56. The minimum Gasteiger partial charge on any atom is -0.376 e. The van der Waals surface area contributed by atoms with Crippen LogP contribution in [0.5, 0.6) is 0 Å². The largest absolute Gasteiger partial charge is 0.376 e. The zero-order valence-electron chi connectivity index (χ0n) is 15.4. The highest BCUT2D eigenvalue weighted by Crippen LogP contribution is 2.34. The minimum absolute atomic E-state index is 0.0767. The summed E-state index contributed by atoms with van der Waals surface area (Å²) < 4.78 is 20.4. The van der Waals surface area contributed by atoms with Crippen LogP contribution in [0.25, 0.3) is 0 Å². The van der Waals surface area contributed by atoms with Crippen LogP contribution in [0.1, 0.15) is 65.4 Å². The molecule has 2 nitrogen and oxygen atoms in total. The van der Waals surface area contributed by atoms with E-state index in [0.717, 1.165) is 50.2 Å². The Bertz CT molecular complexity index is 501. The third-order valence-corrected chi connectivity index (χ3v) is 4.84. The summed E-state index contributed by atoms with van der Waals surface area (Å²) in [7, 11) is 0. The minimum atomic E-state index is -0.0770. The Labute approximate surface area is 141 Å². The van der Waals surface area contributed by atoms with Crippen LogP contribution in [0.4, 0.5) is 10.1 Å². The van der Waals surface area contributed by atoms with Crippen LogP contribution in [-0.2, 0) is 4.74 Å². The molecule has 3 heteroatoms. The fourth-order valence-electron chi connectivity index (χ4n) is 3.17. The lowest BCUT2D eigenvalue weighted by Gasteiger charge is -2.36. The molecule has 0 aromatic heterocycles. The summed E-state index contributed by atoms with van der Waals surface area (Å²) in [5.74, 6) is 0.902. The average Bonchev–Trinajstić information content (AvgIpc) is 2.52. The van der Waals surface area contributed by atoms with E-state index in [1.54, 1.807) is 6.07 Å². The van der Waals surface area contributed by atoms with Crippen molar-refractivity contribution in [3.8, 4) is 0 Å². The summed E-state index contributed by atoms with van der Waals surface area (Å²) in [5.41, 5.74) is 1.90. The SMILES string of the molecule is CCC(C)c1cccc(F)c1N1CCC(COC(C)(C)C)CC1. The molecule has 0 radical (unpaired) electrons. The van der Waals surface area contributed by atoms with Crippen molar-refractivity contribution >= 4 is 5.69 Å². The second-order valence-corrected chi connectivity index (χ2v) is 7.84. The quantitative estimate of drug-likeness (QED) is 0.723. The van der Waals surface area contributed by atoms with E-state index in [4.69, 9.17) is 4.74 Å². The van der Waals surface area contributed by atoms with Gasteiger partial charge in [-0.1, -0.05) is 26.0 Å². The smallest absolute Gasteiger partial charge is 0.146 e. The Morgan fingerprint density at radius 2 is 1.91 bits per heavy atom. The lowest BCUT2D eigenvalue weighted by Crippen LogP contribution is -2.37. The highest BCUT2D eigenvalue weighted by Gasteiger charge is 2.25. The molecule has 0 N–H and O–H groups in total. The average molecular weight is 321 g/mol. The van der Waals surface area contributed by atoms with Crippen LogP contribution in [0.3, 0.4) is 0 Å². The second-order valence-electron chi connectivity index (χ2n) is 7.84. The van der Waals surface area contributed by atoms with Crippen molar-refractivity contribution in [3.05, 3.63) is 29.6 Å². The van der Waals surface area contributed by atoms with Crippen LogP contribution < -0.4 is 4.90 Å². The number of hydrogen-bond donors (Lipinski definition) is 0. The number of anilines is 1. The molecule has 0 bridgehead atoms. The van der Waals surface area contributed by atoms with Gasteiger partial charge in [-0.2, -0.15) is 0 Å². The number of hydrogen-bond acceptors (Lipinski definition) is 2. The maximum absolute atomic E-state index is 14.5. The van der Waals surface area contributed by atoms with Gasteiger partial charge in [-0.25, -0.2) is 4.39 Å². The van der Waals surface area contributed by atoms with E-state index >= 15 is 0 Å². The summed E-state index contributed by atoms with van der Waals surface area (Å²) in [6.45, 7) is 13.3. The molecule has 1 aliphatic rings. The Hall–Kier alpha value is -1.09. The fourth-order valence-corrected chi connectivity index (χ4v) is 3.17. The van der Waals surface area contributed by atoms with Crippen molar-refractivity contribution in [2.24, 2.45) is 5.92 Å². The lowest BCUT2D eigenvalue weighted by molar-refractivity contribution is -0.0257. The molecule has 1 aliphatic heterocycles. The number of para-hydroxylation sites is 1. The van der Waals surface area contributed by atoms with E-state index < -0.39 is 0 Å². The predicted octanol–water partition coefficient (Wildman–Crippen LogP) is 5.37. The number of nitrogens with zero attached hydrogens (tertiary/aromatic N) is 1. The molecule has 1 aromatic rings. The number of benzene rings is 1. The molecule has 1 atom stereocenters. The third kappa shape index (κ3) is 4.94. The third-order valence-electron chi connectivity index (χ3n) is 4.84. The van der Waals surface area contributed by atoms with Gasteiger partial charge in [-0.05, 0) is 63.5 Å². The Balaban J connectivity index is 2.03. The van der Waals surface area contributed by atoms with Crippen LogP contribution in [-0.4, -0.2) is 25.3 Å². The van der Waals surface area contributed by atoms with E-state index in [2.05, 4.69) is 45.6 Å². The molecule has 0 spiro atoms. The summed E-state index contributed by atoms with van der Waals surface area (Å²) >= 11 is 0. The van der Waals surface area contributed by atoms with E-state index in [1.807, 2.05) is 6.07 Å². The fraction of sp³-hybridized carbons (Fsp3) is 0.700. The van der Waals surface area contributed by atoms with Crippen molar-refractivity contribution in [3.63, 3.8) is 0 Å². The lowest BCUT2D eigenvalue weighted by atomic mass is 9.93. The molecular weight excluding hydrogens is 289 g/mol. The number of ether oxygens (including phenoxy) is 1. The van der Waals surface area contributed by atoms with Gasteiger partial charge in [-0.3, -0.25) is 0 Å². The first-order valence-corrected chi connectivity index (χ1v) is 8.99. The summed E-state index contributed by atoms with van der Waals surface area (Å²) in [4.78, 5) is 2.24. The Morgan fingerprint density at radius 3 is 2.48 bits per heavy atom. The first-order valence-electron chi connectivity index (χ1n) is 8.99. The van der Waals surface area contributed by atoms with E-state index in [0.29, 0.717) is 11.8 Å². The second kappa shape index (κ2) is 7.65. The summed E-state index contributed by atoms with van der Waals surface area (Å²) in [6.07, 6.45) is 3.18. The Kier molecular flexibility index (Phi) is 6.07. The van der Waals surface area contributed by atoms with Gasteiger partial charge in [0, 0.05) is 13.1 Å². The van der Waals surface area contributed by atoms with E-state index in [-0.39, 0.29) is 11.4 Å². The van der Waals surface area contributed by atoms with Crippen LogP contribution in [0, 0.1) is 11.7 Å². The topological polar surface area (TPSA) is 12.5 Å². The van der Waals surface area contributed by atoms with Gasteiger partial charge in [-0.15, -0.1) is 0 Å². The zero-order valence-corrected chi connectivity index (χ0v) is 15.4. The van der Waals surface area contributed by atoms with Gasteiger partial charge in [0.25, 0.3) is 0 Å². The van der Waals surface area contributed by atoms with Gasteiger partial charge in [0.15, 0.2) is 0 Å². The van der Waals surface area contributed by atoms with Gasteiger partial charge < -0.3 is 9.64 Å². The molecule has 0 saturated carbocycles. The van der Waals surface area contributed by atoms with Crippen molar-refractivity contribution in [1.82, 2.24) is 0 Å². The normalized spacial score (nSPS) is 18.3. The molecule has 1 fully saturated rings. The standard InChI is InChI=1S/C20H32FNO/c1-6-15(2)17-8-7-9-18(21)19(17)22-12-10-16(11-13-22)14-23-20(3,4)5/h7-9,15-16H,6,10-14H2,1-5H3. The molecule has 2 rings (SSSR count). The summed E-state index contributed by atoms with van der Waals surface area (Å²) in [6, 6.07) is 5.52. The first-order chi connectivity index (χ1) is 10.8. The monoisotopic (exact) mass is 321 g/mol. The maximum atomic E-state index is 14.5. The van der Waals surface area contributed by atoms with Crippen molar-refractivity contribution in [2.45, 2.75) is 65.4 Å². The van der Waals surface area contributed by atoms with E-state index in [1.165, 1.54) is 0 Å². The van der Waals surface area contributed by atoms with Gasteiger partial charge in [0.1, 0.15) is 5.82 Å². The molecular formula is C20H32FNO. The summed E-state index contributed by atoms with van der Waals surface area (Å²) in [5, 5.41) is 0. The highest BCUT2D eigenvalue weighted by atomic mass is 19.1. The van der Waals surface area contributed by atoms with Gasteiger partial charge in [0.2, 0.25) is 0 Å². The number of piperidine rings is 1. The van der Waals surface area contributed by atoms with Crippen LogP contribution in [0.2, 0.25) is 0 Å². The zero-order chi connectivity index (χ0) is 17.0. The molecule has 23 heavy (non-hydrogen) atoms. The van der Waals surface area contributed by atoms with Crippen LogP contribution in [0.15, 0.2) is 18.2 Å². The molecule has 0 aliphatic carbocycles. The number of halogens is 1. The Morgan fingerprint density at radius 1 is 1.26 bits per heavy atom. The van der Waals surface area contributed by atoms with Crippen molar-refractivity contribution in [1.29, 1.82) is 0 Å². The molecule has 1 heterocycles. The van der Waals surface area contributed by atoms with Gasteiger partial charge in [0.05, 0.1) is 17.9 Å². The predicted molar refractivity (Wildman–Crippen MR) is 95.7 cm³/mol. The van der Waals surface area contributed by atoms with Crippen molar-refractivity contribution < 1.29 is 9.13 Å². The van der Waals surface area contributed by atoms with Crippen LogP contribution >= 0.6 is 0 Å². The molecule has 130 valence electrons. The molecule has 0 amide bonds. The van der Waals surface area contributed by atoms with E-state index in [9.17, 15) is 4.39 Å². The first kappa shape index (κ1) is 18.3.